The van der Waals surface area contributed by atoms with Gasteiger partial charge >= 0.3 is 6.09 Å². The van der Waals surface area contributed by atoms with Crippen molar-refractivity contribution in [2.75, 3.05) is 13.1 Å². The van der Waals surface area contributed by atoms with Gasteiger partial charge in [-0.15, -0.1) is 0 Å². The van der Waals surface area contributed by atoms with E-state index in [1.54, 1.807) is 11.0 Å². The van der Waals surface area contributed by atoms with Crippen LogP contribution < -0.4 is 10.9 Å². The topological polar surface area (TPSA) is 112 Å². The number of benzene rings is 1. The molecule has 3 heterocycles. The highest BCUT2D eigenvalue weighted by Crippen LogP contribution is 2.32. The molecule has 0 spiro atoms. The number of hydrogen-bond acceptors (Lipinski definition) is 6. The number of piperidine rings is 1. The van der Waals surface area contributed by atoms with E-state index in [0.29, 0.717) is 31.6 Å². The van der Waals surface area contributed by atoms with Crippen LogP contribution in [0.1, 0.15) is 89.1 Å². The van der Waals surface area contributed by atoms with Gasteiger partial charge in [0.15, 0.2) is 0 Å². The maximum atomic E-state index is 12.8. The van der Waals surface area contributed by atoms with Crippen LogP contribution >= 0.6 is 0 Å². The summed E-state index contributed by atoms with van der Waals surface area (Å²) in [6, 6.07) is 7.60. The van der Waals surface area contributed by atoms with Crippen LogP contribution in [0.4, 0.5) is 4.79 Å². The van der Waals surface area contributed by atoms with E-state index >= 15 is 0 Å². The van der Waals surface area contributed by atoms with Crippen molar-refractivity contribution in [1.82, 2.24) is 24.8 Å². The second-order valence-electron chi connectivity index (χ2n) is 11.2. The number of H-pyrrole nitrogens is 1. The fraction of sp³-hybridized carbons (Fsp3) is 0.593. The van der Waals surface area contributed by atoms with Crippen LogP contribution in [-0.4, -0.2) is 55.4 Å². The largest absolute Gasteiger partial charge is 0.444 e. The zero-order valence-corrected chi connectivity index (χ0v) is 21.4. The van der Waals surface area contributed by atoms with Crippen molar-refractivity contribution in [3.63, 3.8) is 0 Å². The summed E-state index contributed by atoms with van der Waals surface area (Å²) in [5.41, 5.74) is 2.15. The molecule has 0 bridgehead atoms. The molecule has 1 amide bonds. The first kappa shape index (κ1) is 24.8. The Labute approximate surface area is 210 Å². The van der Waals surface area contributed by atoms with Crippen LogP contribution in [0.2, 0.25) is 0 Å². The van der Waals surface area contributed by atoms with E-state index in [-0.39, 0.29) is 23.6 Å². The molecule has 2 fully saturated rings. The van der Waals surface area contributed by atoms with Gasteiger partial charge in [-0.05, 0) is 52.5 Å². The van der Waals surface area contributed by atoms with E-state index in [9.17, 15) is 14.7 Å². The zero-order valence-electron chi connectivity index (χ0n) is 21.4. The number of nitrogens with one attached hydrogen (secondary N) is 2. The van der Waals surface area contributed by atoms with Crippen LogP contribution in [0.3, 0.4) is 0 Å². The molecule has 2 aromatic heterocycles. The van der Waals surface area contributed by atoms with Gasteiger partial charge in [0.25, 0.3) is 5.56 Å². The summed E-state index contributed by atoms with van der Waals surface area (Å²) < 4.78 is 7.34. The Hall–Kier alpha value is -2.91. The van der Waals surface area contributed by atoms with Gasteiger partial charge in [0.2, 0.25) is 0 Å². The second kappa shape index (κ2) is 9.86. The molecule has 1 unspecified atom stereocenters. The van der Waals surface area contributed by atoms with Crippen molar-refractivity contribution in [3.8, 4) is 0 Å². The summed E-state index contributed by atoms with van der Waals surface area (Å²) in [5.74, 6) is 0.0801. The van der Waals surface area contributed by atoms with Crippen molar-refractivity contribution in [1.29, 1.82) is 0 Å². The molecule has 9 nitrogen and oxygen atoms in total. The Bertz CT molecular complexity index is 1290. The van der Waals surface area contributed by atoms with Gasteiger partial charge in [0, 0.05) is 36.7 Å². The minimum Gasteiger partial charge on any atom is -0.444 e. The van der Waals surface area contributed by atoms with E-state index in [1.165, 1.54) is 19.3 Å². The lowest BCUT2D eigenvalue weighted by atomic mass is 9.93. The fourth-order valence-electron chi connectivity index (χ4n) is 5.60. The molecule has 1 saturated heterocycles. The molecule has 0 radical (unpaired) electrons. The number of carbonyl (C=O) groups is 1. The number of aliphatic hydroxyl groups excluding tert-OH is 1. The number of aromatic nitrogens is 3. The minimum atomic E-state index is -0.839. The molecule has 5 rings (SSSR count). The Morgan fingerprint density at radius 1 is 1.17 bits per heavy atom. The molecule has 2 aliphatic rings. The van der Waals surface area contributed by atoms with E-state index in [4.69, 9.17) is 9.84 Å². The fourth-order valence-corrected chi connectivity index (χ4v) is 5.60. The van der Waals surface area contributed by atoms with E-state index in [1.807, 2.05) is 43.5 Å². The lowest BCUT2D eigenvalue weighted by Crippen LogP contribution is -2.41. The van der Waals surface area contributed by atoms with Gasteiger partial charge in [-0.1, -0.05) is 31.4 Å². The van der Waals surface area contributed by atoms with Gasteiger partial charge in [-0.2, -0.15) is 5.10 Å². The highest BCUT2D eigenvalue weighted by atomic mass is 16.6. The molecule has 1 aliphatic heterocycles. The van der Waals surface area contributed by atoms with Crippen molar-refractivity contribution in [2.24, 2.45) is 0 Å². The van der Waals surface area contributed by atoms with Gasteiger partial charge in [0.05, 0.1) is 16.6 Å². The predicted octanol–water partition coefficient (Wildman–Crippen LogP) is 4.20. The Kier molecular flexibility index (Phi) is 6.78. The molecule has 1 saturated carbocycles. The third-order valence-electron chi connectivity index (χ3n) is 7.35. The van der Waals surface area contributed by atoms with Gasteiger partial charge in [-0.3, -0.25) is 10.1 Å². The lowest BCUT2D eigenvalue weighted by Gasteiger charge is -2.33. The van der Waals surface area contributed by atoms with E-state index in [0.717, 1.165) is 35.0 Å². The number of ether oxygens (including phenoxy) is 1. The first-order chi connectivity index (χ1) is 17.2. The minimum absolute atomic E-state index is 0.0801. The normalized spacial score (nSPS) is 19.2. The van der Waals surface area contributed by atoms with E-state index in [2.05, 4.69) is 10.3 Å². The number of carbonyl (C=O) groups excluding carboxylic acids is 1. The molecule has 1 aromatic carbocycles. The summed E-state index contributed by atoms with van der Waals surface area (Å²) >= 11 is 0. The Morgan fingerprint density at radius 2 is 1.89 bits per heavy atom. The number of likely N-dealkylation sites (tertiary alicyclic amines) is 1. The number of amides is 1. The average molecular weight is 496 g/mol. The van der Waals surface area contributed by atoms with Crippen LogP contribution in [0.15, 0.2) is 29.1 Å². The number of rotatable bonds is 4. The summed E-state index contributed by atoms with van der Waals surface area (Å²) in [7, 11) is 0. The standard InChI is InChI=1S/C27H37N5O4/c1-27(2,3)36-26(35)31-14-12-17(13-15-31)21-16-22(33)29-24-23-19(10-7-11-20(23)30-32(21)24)25(34)28-18-8-5-4-6-9-18/h7,10-11,16-18,25,28,34H,4-6,8-9,12-15H2,1-3H3,(H,29,33). The van der Waals surface area contributed by atoms with Crippen molar-refractivity contribution >= 4 is 22.6 Å². The van der Waals surface area contributed by atoms with Crippen LogP contribution in [0.25, 0.3) is 16.6 Å². The monoisotopic (exact) mass is 495 g/mol. The Balaban J connectivity index is 1.43. The van der Waals surface area contributed by atoms with Crippen LogP contribution in [0, 0.1) is 0 Å². The van der Waals surface area contributed by atoms with Gasteiger partial charge in [-0.25, -0.2) is 9.31 Å². The summed E-state index contributed by atoms with van der Waals surface area (Å²) in [5, 5.41) is 20.1. The molecular formula is C27H37N5O4. The quantitative estimate of drug-likeness (QED) is 0.468. The molecule has 3 aromatic rings. The lowest BCUT2D eigenvalue weighted by molar-refractivity contribution is 0.0203. The molecule has 3 N–H and O–H groups in total. The summed E-state index contributed by atoms with van der Waals surface area (Å²) in [6.45, 7) is 6.71. The molecule has 9 heteroatoms. The summed E-state index contributed by atoms with van der Waals surface area (Å²) in [6.07, 6.45) is 6.01. The number of hydrogen-bond donors (Lipinski definition) is 3. The zero-order chi connectivity index (χ0) is 25.4. The van der Waals surface area contributed by atoms with Crippen molar-refractivity contribution in [2.45, 2.75) is 89.5 Å². The third-order valence-corrected chi connectivity index (χ3v) is 7.35. The highest BCUT2D eigenvalue weighted by Gasteiger charge is 2.30. The number of nitrogens with zero attached hydrogens (tertiary/aromatic N) is 3. The number of fused-ring (bicyclic) bond motifs is 3. The third kappa shape index (κ3) is 5.13. The van der Waals surface area contributed by atoms with E-state index < -0.39 is 11.8 Å². The number of aromatic amines is 1. The van der Waals surface area contributed by atoms with Crippen LogP contribution in [-0.2, 0) is 4.74 Å². The van der Waals surface area contributed by atoms with Gasteiger partial charge < -0.3 is 19.7 Å². The van der Waals surface area contributed by atoms with Crippen LogP contribution in [0.5, 0.6) is 0 Å². The highest BCUT2D eigenvalue weighted by molar-refractivity contribution is 5.95. The molecule has 1 aliphatic carbocycles. The molecular weight excluding hydrogens is 458 g/mol. The molecule has 1 atom stereocenters. The van der Waals surface area contributed by atoms with Crippen molar-refractivity contribution < 1.29 is 14.6 Å². The Morgan fingerprint density at radius 3 is 2.58 bits per heavy atom. The molecule has 194 valence electrons. The smallest absolute Gasteiger partial charge is 0.410 e. The summed E-state index contributed by atoms with van der Waals surface area (Å²) in [4.78, 5) is 29.9. The van der Waals surface area contributed by atoms with Crippen molar-refractivity contribution in [3.05, 3.63) is 45.9 Å². The first-order valence-electron chi connectivity index (χ1n) is 13.2. The predicted molar refractivity (Wildman–Crippen MR) is 138 cm³/mol. The first-order valence-corrected chi connectivity index (χ1v) is 13.2. The SMILES string of the molecule is CC(C)(C)OC(=O)N1CCC(c2cc(=O)[nH]c3c4c(C(O)NC5CCCCC5)cccc4nn23)CC1. The molecule has 36 heavy (non-hydrogen) atoms. The maximum absolute atomic E-state index is 12.8. The number of aliphatic hydroxyl groups is 1. The van der Waals surface area contributed by atoms with Gasteiger partial charge in [0.1, 0.15) is 17.5 Å². The maximum Gasteiger partial charge on any atom is 0.410 e. The average Bonchev–Trinajstić information content (AvgIpc) is 3.22. The second-order valence-corrected chi connectivity index (χ2v) is 11.2.